The van der Waals surface area contributed by atoms with E-state index in [4.69, 9.17) is 21.1 Å². The number of methoxy groups -OCH3 is 1. The number of carbonyl (C=O) groups is 2. The quantitative estimate of drug-likeness (QED) is 0.630. The van der Waals surface area contributed by atoms with Gasteiger partial charge in [0.2, 0.25) is 0 Å². The molecule has 5 nitrogen and oxygen atoms in total. The van der Waals surface area contributed by atoms with Gasteiger partial charge in [-0.1, -0.05) is 23.7 Å². The third-order valence-electron chi connectivity index (χ3n) is 4.72. The second-order valence-electron chi connectivity index (χ2n) is 6.45. The number of dihydropyridines is 1. The molecule has 0 saturated carbocycles. The van der Waals surface area contributed by atoms with E-state index in [2.05, 4.69) is 5.32 Å². The van der Waals surface area contributed by atoms with E-state index in [1.807, 2.05) is 19.1 Å². The van der Waals surface area contributed by atoms with Gasteiger partial charge in [0, 0.05) is 41.4 Å². The van der Waals surface area contributed by atoms with Crippen molar-refractivity contribution in [1.29, 1.82) is 0 Å². The van der Waals surface area contributed by atoms with Gasteiger partial charge in [0.1, 0.15) is 6.61 Å². The molecule has 1 aromatic rings. The summed E-state index contributed by atoms with van der Waals surface area (Å²) in [7, 11) is 1.55. The number of ketones is 1. The Morgan fingerprint density at radius 1 is 1.23 bits per heavy atom. The molecule has 1 N–H and O–H groups in total. The summed E-state index contributed by atoms with van der Waals surface area (Å²) in [5.41, 5.74) is 3.63. The summed E-state index contributed by atoms with van der Waals surface area (Å²) in [6.07, 6.45) is 2.11. The lowest BCUT2D eigenvalue weighted by Crippen LogP contribution is -2.34. The van der Waals surface area contributed by atoms with Crippen LogP contribution in [0.1, 0.15) is 37.7 Å². The molecular weight excluding hydrogens is 354 g/mol. The minimum atomic E-state index is -0.439. The predicted octanol–water partition coefficient (Wildman–Crippen LogP) is 3.50. The van der Waals surface area contributed by atoms with Crippen LogP contribution in [-0.4, -0.2) is 32.1 Å². The van der Waals surface area contributed by atoms with Crippen molar-refractivity contribution in [3.8, 4) is 0 Å². The van der Waals surface area contributed by atoms with Crippen LogP contribution in [-0.2, 0) is 19.1 Å². The normalized spacial score (nSPS) is 20.0. The monoisotopic (exact) mass is 375 g/mol. The number of hydrogen-bond acceptors (Lipinski definition) is 5. The smallest absolute Gasteiger partial charge is 0.336 e. The van der Waals surface area contributed by atoms with E-state index in [1.54, 1.807) is 19.2 Å². The van der Waals surface area contributed by atoms with E-state index in [-0.39, 0.29) is 12.4 Å². The van der Waals surface area contributed by atoms with Gasteiger partial charge in [-0.15, -0.1) is 0 Å². The first kappa shape index (κ1) is 18.7. The predicted molar refractivity (Wildman–Crippen MR) is 98.7 cm³/mol. The third-order valence-corrected chi connectivity index (χ3v) is 4.97. The second kappa shape index (κ2) is 8.06. The molecule has 3 rings (SSSR count). The van der Waals surface area contributed by atoms with Crippen LogP contribution in [0.25, 0.3) is 0 Å². The van der Waals surface area contributed by atoms with Crippen LogP contribution < -0.4 is 5.32 Å². The average molecular weight is 376 g/mol. The fraction of sp³-hybridized carbons (Fsp3) is 0.400. The molecular formula is C20H22ClNO4. The summed E-state index contributed by atoms with van der Waals surface area (Å²) in [6, 6.07) is 7.27. The van der Waals surface area contributed by atoms with Crippen LogP contribution in [0.4, 0.5) is 0 Å². The van der Waals surface area contributed by atoms with Crippen molar-refractivity contribution in [3.05, 3.63) is 57.4 Å². The van der Waals surface area contributed by atoms with Crippen molar-refractivity contribution in [3.63, 3.8) is 0 Å². The molecule has 1 atom stereocenters. The van der Waals surface area contributed by atoms with Crippen LogP contribution in [0.5, 0.6) is 0 Å². The molecule has 0 radical (unpaired) electrons. The summed E-state index contributed by atoms with van der Waals surface area (Å²) in [5, 5.41) is 3.87. The molecule has 6 heteroatoms. The van der Waals surface area contributed by atoms with Gasteiger partial charge in [-0.25, -0.2) is 4.79 Å². The number of esters is 1. The molecule has 1 aliphatic carbocycles. The molecule has 1 heterocycles. The number of Topliss-reactive ketones (excluding diaryl/α,β-unsaturated/α-hetero) is 1. The molecule has 26 heavy (non-hydrogen) atoms. The number of benzene rings is 1. The molecule has 0 bridgehead atoms. The van der Waals surface area contributed by atoms with E-state index in [0.29, 0.717) is 29.2 Å². The van der Waals surface area contributed by atoms with Crippen molar-refractivity contribution in [1.82, 2.24) is 5.32 Å². The number of rotatable bonds is 5. The van der Waals surface area contributed by atoms with Crippen molar-refractivity contribution >= 4 is 23.4 Å². The molecule has 0 fully saturated rings. The maximum Gasteiger partial charge on any atom is 0.336 e. The molecule has 138 valence electrons. The molecule has 0 unspecified atom stereocenters. The zero-order valence-electron chi connectivity index (χ0n) is 14.9. The summed E-state index contributed by atoms with van der Waals surface area (Å²) in [4.78, 5) is 25.5. The standard InChI is InChI=1S/C20H22ClNO4/c1-12-17(20(24)26-11-10-25-2)18(13-6-8-14(21)9-7-13)19-15(22-12)4-3-5-16(19)23/h6-9,18,22H,3-5,10-11H2,1-2H3/t18-/m1/s1. The Hall–Kier alpha value is -2.11. The van der Waals surface area contributed by atoms with Crippen LogP contribution in [0, 0.1) is 0 Å². The summed E-state index contributed by atoms with van der Waals surface area (Å²) in [5.74, 6) is -0.795. The molecule has 2 aliphatic rings. The number of ether oxygens (including phenoxy) is 2. The van der Waals surface area contributed by atoms with Crippen LogP contribution in [0.2, 0.25) is 5.02 Å². The molecule has 1 aromatic carbocycles. The Kier molecular flexibility index (Phi) is 5.79. The van der Waals surface area contributed by atoms with Gasteiger partial charge in [0.15, 0.2) is 5.78 Å². The summed E-state index contributed by atoms with van der Waals surface area (Å²) in [6.45, 7) is 2.34. The minimum Gasteiger partial charge on any atom is -0.460 e. The third kappa shape index (κ3) is 3.69. The SMILES string of the molecule is COCCOC(=O)C1=C(C)NC2=C(C(=O)CCC2)[C@@H]1c1ccc(Cl)cc1. The first-order valence-electron chi connectivity index (χ1n) is 8.68. The van der Waals surface area contributed by atoms with Crippen molar-refractivity contribution in [2.24, 2.45) is 0 Å². The Bertz CT molecular complexity index is 780. The van der Waals surface area contributed by atoms with E-state index >= 15 is 0 Å². The molecule has 0 saturated heterocycles. The molecule has 0 aromatic heterocycles. The minimum absolute atomic E-state index is 0.0772. The van der Waals surface area contributed by atoms with Gasteiger partial charge in [0.05, 0.1) is 12.2 Å². The maximum atomic E-state index is 12.8. The zero-order chi connectivity index (χ0) is 18.7. The van der Waals surface area contributed by atoms with Gasteiger partial charge in [-0.3, -0.25) is 4.79 Å². The first-order valence-corrected chi connectivity index (χ1v) is 9.06. The maximum absolute atomic E-state index is 12.8. The van der Waals surface area contributed by atoms with E-state index in [1.165, 1.54) is 0 Å². The highest BCUT2D eigenvalue weighted by atomic mass is 35.5. The van der Waals surface area contributed by atoms with Crippen LogP contribution in [0.3, 0.4) is 0 Å². The van der Waals surface area contributed by atoms with E-state index in [9.17, 15) is 9.59 Å². The highest BCUT2D eigenvalue weighted by molar-refractivity contribution is 6.30. The highest BCUT2D eigenvalue weighted by Gasteiger charge is 2.38. The number of allylic oxidation sites excluding steroid dienone is 3. The highest BCUT2D eigenvalue weighted by Crippen LogP contribution is 2.42. The van der Waals surface area contributed by atoms with Gasteiger partial charge < -0.3 is 14.8 Å². The van der Waals surface area contributed by atoms with Crippen LogP contribution >= 0.6 is 11.6 Å². The average Bonchev–Trinajstić information content (AvgIpc) is 2.61. The lowest BCUT2D eigenvalue weighted by atomic mass is 9.75. The van der Waals surface area contributed by atoms with Crippen molar-refractivity contribution in [2.45, 2.75) is 32.1 Å². The summed E-state index contributed by atoms with van der Waals surface area (Å²) >= 11 is 6.02. The van der Waals surface area contributed by atoms with Crippen LogP contribution in [0.15, 0.2) is 46.8 Å². The first-order chi connectivity index (χ1) is 12.5. The van der Waals surface area contributed by atoms with Crippen molar-refractivity contribution in [2.75, 3.05) is 20.3 Å². The number of carbonyl (C=O) groups excluding carboxylic acids is 2. The molecule has 0 spiro atoms. The Balaban J connectivity index is 2.04. The van der Waals surface area contributed by atoms with E-state index in [0.717, 1.165) is 29.8 Å². The van der Waals surface area contributed by atoms with Crippen molar-refractivity contribution < 1.29 is 19.1 Å². The number of hydrogen-bond donors (Lipinski definition) is 1. The zero-order valence-corrected chi connectivity index (χ0v) is 15.7. The number of halogens is 1. The van der Waals surface area contributed by atoms with Gasteiger partial charge in [-0.05, 0) is 37.5 Å². The fourth-order valence-electron chi connectivity index (χ4n) is 3.54. The lowest BCUT2D eigenvalue weighted by Gasteiger charge is -2.34. The lowest BCUT2D eigenvalue weighted by molar-refractivity contribution is -0.140. The molecule has 0 amide bonds. The Morgan fingerprint density at radius 3 is 2.65 bits per heavy atom. The van der Waals surface area contributed by atoms with E-state index < -0.39 is 11.9 Å². The number of nitrogens with one attached hydrogen (secondary N) is 1. The van der Waals surface area contributed by atoms with Gasteiger partial charge in [0.25, 0.3) is 0 Å². The van der Waals surface area contributed by atoms with Gasteiger partial charge in [-0.2, -0.15) is 0 Å². The molecule has 1 aliphatic heterocycles. The topological polar surface area (TPSA) is 64.6 Å². The fourth-order valence-corrected chi connectivity index (χ4v) is 3.66. The van der Waals surface area contributed by atoms with Gasteiger partial charge >= 0.3 is 5.97 Å². The summed E-state index contributed by atoms with van der Waals surface area (Å²) < 4.78 is 10.3. The Labute approximate surface area is 158 Å². The Morgan fingerprint density at radius 2 is 1.96 bits per heavy atom. The second-order valence-corrected chi connectivity index (χ2v) is 6.88. The largest absolute Gasteiger partial charge is 0.460 e.